The van der Waals surface area contributed by atoms with Crippen LogP contribution in [0.3, 0.4) is 0 Å². The molecule has 2 heterocycles. The molecule has 0 saturated carbocycles. The molecule has 1 aliphatic heterocycles. The topological polar surface area (TPSA) is 79.3 Å². The summed E-state index contributed by atoms with van der Waals surface area (Å²) in [6.45, 7) is 0. The molecule has 1 aromatic rings. The van der Waals surface area contributed by atoms with Crippen LogP contribution in [0.5, 0.6) is 0 Å². The second-order valence-electron chi connectivity index (χ2n) is 4.88. The normalized spacial score (nSPS) is 17.8. The molecule has 1 aromatic heterocycles. The standard InChI is InChI=1S/C13H13F3N2O3S/c14-13(15,16)9-2-1-8(7-17-9)10(19)18-12(11(20)21)3-5-22-6-4-12/h1-2,7H,3-6H2,(H,18,19)(H,20,21). The number of hydrogen-bond acceptors (Lipinski definition) is 4. The van der Waals surface area contributed by atoms with Crippen molar-refractivity contribution in [3.8, 4) is 0 Å². The Kier molecular flexibility index (Phi) is 4.64. The minimum atomic E-state index is -4.59. The number of hydrogen-bond donors (Lipinski definition) is 2. The van der Waals surface area contributed by atoms with Crippen LogP contribution >= 0.6 is 11.8 Å². The van der Waals surface area contributed by atoms with Crippen LogP contribution in [0.4, 0.5) is 13.2 Å². The number of thioether (sulfide) groups is 1. The molecule has 2 rings (SSSR count). The van der Waals surface area contributed by atoms with Crippen LogP contribution in [-0.2, 0) is 11.0 Å². The van der Waals surface area contributed by atoms with Crippen molar-refractivity contribution in [2.24, 2.45) is 0 Å². The number of aliphatic carboxylic acids is 1. The molecule has 0 spiro atoms. The summed E-state index contributed by atoms with van der Waals surface area (Å²) in [4.78, 5) is 26.7. The number of carboxylic acid groups (broad SMARTS) is 1. The molecule has 1 aliphatic rings. The van der Waals surface area contributed by atoms with Gasteiger partial charge in [0, 0.05) is 6.20 Å². The Labute approximate surface area is 128 Å². The van der Waals surface area contributed by atoms with E-state index in [-0.39, 0.29) is 18.4 Å². The van der Waals surface area contributed by atoms with Crippen molar-refractivity contribution in [2.75, 3.05) is 11.5 Å². The molecule has 1 saturated heterocycles. The molecular formula is C13H13F3N2O3S. The number of halogens is 3. The number of amides is 1. The summed E-state index contributed by atoms with van der Waals surface area (Å²) in [5.74, 6) is -0.688. The number of nitrogens with zero attached hydrogens (tertiary/aromatic N) is 1. The van der Waals surface area contributed by atoms with Crippen LogP contribution in [0, 0.1) is 0 Å². The first-order valence-electron chi connectivity index (χ1n) is 6.41. The number of carbonyl (C=O) groups excluding carboxylic acids is 1. The third kappa shape index (κ3) is 3.52. The van der Waals surface area contributed by atoms with Crippen molar-refractivity contribution in [2.45, 2.75) is 24.6 Å². The highest BCUT2D eigenvalue weighted by Crippen LogP contribution is 2.29. The Balaban J connectivity index is 2.15. The number of nitrogens with one attached hydrogen (secondary N) is 1. The summed E-state index contributed by atoms with van der Waals surface area (Å²) in [6, 6.07) is 1.68. The van der Waals surface area contributed by atoms with Crippen LogP contribution in [0.1, 0.15) is 28.9 Å². The smallest absolute Gasteiger partial charge is 0.433 e. The van der Waals surface area contributed by atoms with Gasteiger partial charge < -0.3 is 10.4 Å². The van der Waals surface area contributed by atoms with Crippen molar-refractivity contribution in [1.29, 1.82) is 0 Å². The minimum Gasteiger partial charge on any atom is -0.480 e. The Morgan fingerprint density at radius 2 is 1.91 bits per heavy atom. The summed E-state index contributed by atoms with van der Waals surface area (Å²) in [5, 5.41) is 11.8. The quantitative estimate of drug-likeness (QED) is 0.886. The van der Waals surface area contributed by atoms with Crippen LogP contribution in [0.25, 0.3) is 0 Å². The highest BCUT2D eigenvalue weighted by Gasteiger charge is 2.41. The summed E-state index contributed by atoms with van der Waals surface area (Å²) in [7, 11) is 0. The van der Waals surface area contributed by atoms with Gasteiger partial charge in [-0.1, -0.05) is 0 Å². The first-order chi connectivity index (χ1) is 10.2. The van der Waals surface area contributed by atoms with E-state index in [1.807, 2.05) is 0 Å². The number of pyridine rings is 1. The zero-order valence-corrected chi connectivity index (χ0v) is 12.1. The molecule has 120 valence electrons. The maximum Gasteiger partial charge on any atom is 0.433 e. The summed E-state index contributed by atoms with van der Waals surface area (Å²) < 4.78 is 37.3. The van der Waals surface area contributed by atoms with Gasteiger partial charge in [-0.15, -0.1) is 0 Å². The zero-order valence-electron chi connectivity index (χ0n) is 11.3. The molecule has 0 aliphatic carbocycles. The van der Waals surface area contributed by atoms with Gasteiger partial charge in [-0.25, -0.2) is 4.79 Å². The first kappa shape index (κ1) is 16.6. The number of rotatable bonds is 3. The lowest BCUT2D eigenvalue weighted by Crippen LogP contribution is -2.56. The van der Waals surface area contributed by atoms with E-state index >= 15 is 0 Å². The molecule has 0 atom stereocenters. The maximum absolute atomic E-state index is 12.4. The summed E-state index contributed by atoms with van der Waals surface area (Å²) in [5.41, 5.74) is -2.58. The fourth-order valence-electron chi connectivity index (χ4n) is 2.10. The van der Waals surface area contributed by atoms with Crippen molar-refractivity contribution in [3.05, 3.63) is 29.6 Å². The van der Waals surface area contributed by atoms with Gasteiger partial charge in [0.15, 0.2) is 0 Å². The second kappa shape index (κ2) is 6.15. The van der Waals surface area contributed by atoms with Crippen LogP contribution < -0.4 is 5.32 Å². The predicted molar refractivity (Wildman–Crippen MR) is 73.6 cm³/mol. The predicted octanol–water partition coefficient (Wildman–Crippen LogP) is 2.18. The van der Waals surface area contributed by atoms with Gasteiger partial charge in [0.25, 0.3) is 5.91 Å². The lowest BCUT2D eigenvalue weighted by atomic mass is 9.92. The van der Waals surface area contributed by atoms with E-state index in [0.717, 1.165) is 12.3 Å². The largest absolute Gasteiger partial charge is 0.480 e. The number of alkyl halides is 3. The molecule has 2 N–H and O–H groups in total. The van der Waals surface area contributed by atoms with E-state index in [9.17, 15) is 27.9 Å². The molecule has 5 nitrogen and oxygen atoms in total. The number of aromatic nitrogens is 1. The van der Waals surface area contributed by atoms with Crippen LogP contribution in [-0.4, -0.2) is 39.0 Å². The summed E-state index contributed by atoms with van der Waals surface area (Å²) >= 11 is 1.59. The van der Waals surface area contributed by atoms with Crippen molar-refractivity contribution < 1.29 is 27.9 Å². The Morgan fingerprint density at radius 3 is 2.36 bits per heavy atom. The van der Waals surface area contributed by atoms with Crippen molar-refractivity contribution >= 4 is 23.6 Å². The Hall–Kier alpha value is -1.77. The zero-order chi connectivity index (χ0) is 16.4. The third-order valence-corrected chi connectivity index (χ3v) is 4.41. The molecule has 0 radical (unpaired) electrons. The van der Waals surface area contributed by atoms with Gasteiger partial charge in [0.1, 0.15) is 11.2 Å². The SMILES string of the molecule is O=C(NC1(C(=O)O)CCSCC1)c1ccc(C(F)(F)F)nc1. The highest BCUT2D eigenvalue weighted by atomic mass is 32.2. The minimum absolute atomic E-state index is 0.105. The van der Waals surface area contributed by atoms with Crippen molar-refractivity contribution in [3.63, 3.8) is 0 Å². The monoisotopic (exact) mass is 334 g/mol. The second-order valence-corrected chi connectivity index (χ2v) is 6.11. The molecule has 22 heavy (non-hydrogen) atoms. The molecule has 0 unspecified atom stereocenters. The lowest BCUT2D eigenvalue weighted by Gasteiger charge is -2.33. The lowest BCUT2D eigenvalue weighted by molar-refractivity contribution is -0.145. The average molecular weight is 334 g/mol. The van der Waals surface area contributed by atoms with E-state index in [0.29, 0.717) is 17.6 Å². The molecule has 0 aromatic carbocycles. The van der Waals surface area contributed by atoms with Gasteiger partial charge in [-0.3, -0.25) is 9.78 Å². The van der Waals surface area contributed by atoms with Gasteiger partial charge in [0.05, 0.1) is 5.56 Å². The first-order valence-corrected chi connectivity index (χ1v) is 7.57. The van der Waals surface area contributed by atoms with Crippen LogP contribution in [0.15, 0.2) is 18.3 Å². The Morgan fingerprint density at radius 1 is 1.27 bits per heavy atom. The average Bonchev–Trinajstić information content (AvgIpc) is 2.47. The molecule has 9 heteroatoms. The fraction of sp³-hybridized carbons (Fsp3) is 0.462. The van der Waals surface area contributed by atoms with Gasteiger partial charge in [-0.05, 0) is 36.5 Å². The van der Waals surface area contributed by atoms with Gasteiger partial charge in [-0.2, -0.15) is 24.9 Å². The fourth-order valence-corrected chi connectivity index (χ4v) is 3.29. The number of carboxylic acids is 1. The molecular weight excluding hydrogens is 321 g/mol. The van der Waals surface area contributed by atoms with Crippen molar-refractivity contribution in [1.82, 2.24) is 10.3 Å². The van der Waals surface area contributed by atoms with E-state index < -0.39 is 29.3 Å². The maximum atomic E-state index is 12.4. The highest BCUT2D eigenvalue weighted by molar-refractivity contribution is 7.99. The van der Waals surface area contributed by atoms with E-state index in [1.54, 1.807) is 11.8 Å². The van der Waals surface area contributed by atoms with E-state index in [2.05, 4.69) is 10.3 Å². The third-order valence-electron chi connectivity index (χ3n) is 3.42. The van der Waals surface area contributed by atoms with E-state index in [1.165, 1.54) is 0 Å². The molecule has 0 bridgehead atoms. The van der Waals surface area contributed by atoms with Gasteiger partial charge >= 0.3 is 12.1 Å². The van der Waals surface area contributed by atoms with Crippen LogP contribution in [0.2, 0.25) is 0 Å². The van der Waals surface area contributed by atoms with E-state index in [4.69, 9.17) is 0 Å². The Bertz CT molecular complexity index is 569. The molecule has 1 amide bonds. The molecule has 1 fully saturated rings. The number of carbonyl (C=O) groups is 2. The summed E-state index contributed by atoms with van der Waals surface area (Å²) in [6.07, 6.45) is -3.25. The van der Waals surface area contributed by atoms with Gasteiger partial charge in [0.2, 0.25) is 0 Å².